The van der Waals surface area contributed by atoms with Gasteiger partial charge in [0.2, 0.25) is 5.91 Å². The topological polar surface area (TPSA) is 67.2 Å². The van der Waals surface area contributed by atoms with Crippen LogP contribution in [0, 0.1) is 11.7 Å². The molecule has 1 N–H and O–H groups in total. The molecule has 4 rings (SSSR count). The highest BCUT2D eigenvalue weighted by Crippen LogP contribution is 2.22. The Bertz CT molecular complexity index is 1130. The Balaban J connectivity index is 1.45. The van der Waals surface area contributed by atoms with Gasteiger partial charge in [-0.3, -0.25) is 9.59 Å². The number of nitrogens with zero attached hydrogens (tertiary/aromatic N) is 3. The summed E-state index contributed by atoms with van der Waals surface area (Å²) in [5.41, 5.74) is 1.23. The van der Waals surface area contributed by atoms with Crippen molar-refractivity contribution in [2.24, 2.45) is 5.92 Å². The van der Waals surface area contributed by atoms with Crippen molar-refractivity contribution < 1.29 is 9.18 Å². The van der Waals surface area contributed by atoms with Gasteiger partial charge in [-0.15, -0.1) is 5.10 Å². The molecule has 2 aromatic carbocycles. The molecule has 31 heavy (non-hydrogen) atoms. The summed E-state index contributed by atoms with van der Waals surface area (Å²) in [4.78, 5) is 27.0. The van der Waals surface area contributed by atoms with E-state index >= 15 is 0 Å². The van der Waals surface area contributed by atoms with Crippen LogP contribution in [-0.2, 0) is 11.3 Å². The molecule has 0 unspecified atom stereocenters. The molecule has 0 bridgehead atoms. The van der Waals surface area contributed by atoms with Crippen LogP contribution >= 0.6 is 15.9 Å². The number of carbonyl (C=O) groups excluding carboxylic acids is 1. The lowest BCUT2D eigenvalue weighted by molar-refractivity contribution is -0.125. The lowest BCUT2D eigenvalue weighted by atomic mass is 9.97. The van der Waals surface area contributed by atoms with Crippen LogP contribution in [0.2, 0.25) is 0 Å². The second-order valence-electron chi connectivity index (χ2n) is 7.55. The quantitative estimate of drug-likeness (QED) is 0.599. The Kier molecular flexibility index (Phi) is 6.46. The summed E-state index contributed by atoms with van der Waals surface area (Å²) in [6, 6.07) is 16.6. The summed E-state index contributed by atoms with van der Waals surface area (Å²) in [6.07, 6.45) is 1.66. The smallest absolute Gasteiger partial charge is 0.271 e. The molecular formula is C23H22BrFN4O2. The summed E-state index contributed by atoms with van der Waals surface area (Å²) < 4.78 is 15.5. The van der Waals surface area contributed by atoms with Crippen LogP contribution in [0.15, 0.2) is 69.9 Å². The van der Waals surface area contributed by atoms with Crippen molar-refractivity contribution in [2.45, 2.75) is 19.4 Å². The van der Waals surface area contributed by atoms with E-state index in [1.807, 2.05) is 29.2 Å². The number of amides is 1. The number of hydrogen-bond donors (Lipinski definition) is 1. The number of hydrogen-bond acceptors (Lipinski definition) is 4. The van der Waals surface area contributed by atoms with Gasteiger partial charge >= 0.3 is 0 Å². The molecule has 1 saturated heterocycles. The molecule has 160 valence electrons. The van der Waals surface area contributed by atoms with Crippen molar-refractivity contribution >= 4 is 27.7 Å². The molecule has 0 aliphatic carbocycles. The summed E-state index contributed by atoms with van der Waals surface area (Å²) in [5, 5.41) is 7.49. The van der Waals surface area contributed by atoms with Crippen molar-refractivity contribution in [2.75, 3.05) is 18.0 Å². The lowest BCUT2D eigenvalue weighted by Gasteiger charge is -2.33. The third-order valence-corrected chi connectivity index (χ3v) is 5.82. The fourth-order valence-corrected chi connectivity index (χ4v) is 4.16. The van der Waals surface area contributed by atoms with Crippen molar-refractivity contribution in [1.29, 1.82) is 0 Å². The summed E-state index contributed by atoms with van der Waals surface area (Å²) in [5.74, 6) is 0.0968. The van der Waals surface area contributed by atoms with Crippen molar-refractivity contribution in [3.8, 4) is 5.69 Å². The molecule has 1 fully saturated rings. The molecule has 1 aliphatic heterocycles. The number of nitrogens with one attached hydrogen (secondary N) is 1. The van der Waals surface area contributed by atoms with E-state index in [0.717, 1.165) is 29.4 Å². The SMILES string of the molecule is O=C(NCc1cccc(Br)c1)[C@@H]1CCCN(c2ccc(=O)n(-c3ccc(F)cc3)n2)C1. The standard InChI is InChI=1S/C23H22BrFN4O2/c24-18-5-1-3-16(13-18)14-26-23(31)17-4-2-12-28(15-17)21-10-11-22(30)29(27-21)20-8-6-19(25)7-9-20/h1,3,5-11,13,17H,2,4,12,14-15H2,(H,26,31)/t17-/m1/s1. The maximum absolute atomic E-state index is 13.2. The summed E-state index contributed by atoms with van der Waals surface area (Å²) in [6.45, 7) is 1.76. The van der Waals surface area contributed by atoms with Crippen LogP contribution in [0.5, 0.6) is 0 Å². The van der Waals surface area contributed by atoms with Crippen LogP contribution in [-0.4, -0.2) is 28.8 Å². The van der Waals surface area contributed by atoms with Crippen LogP contribution < -0.4 is 15.8 Å². The van der Waals surface area contributed by atoms with Gasteiger partial charge in [0.05, 0.1) is 11.6 Å². The average molecular weight is 485 g/mol. The van der Waals surface area contributed by atoms with E-state index in [9.17, 15) is 14.0 Å². The first kappa shape index (κ1) is 21.2. The van der Waals surface area contributed by atoms with Crippen molar-refractivity contribution in [1.82, 2.24) is 15.1 Å². The molecule has 8 heteroatoms. The zero-order chi connectivity index (χ0) is 21.8. The zero-order valence-electron chi connectivity index (χ0n) is 16.8. The largest absolute Gasteiger partial charge is 0.354 e. The highest BCUT2D eigenvalue weighted by Gasteiger charge is 2.26. The first-order valence-electron chi connectivity index (χ1n) is 10.1. The highest BCUT2D eigenvalue weighted by atomic mass is 79.9. The molecule has 6 nitrogen and oxygen atoms in total. The Morgan fingerprint density at radius 1 is 1.16 bits per heavy atom. The van der Waals surface area contributed by atoms with Gasteiger partial charge < -0.3 is 10.2 Å². The first-order valence-corrected chi connectivity index (χ1v) is 10.9. The maximum atomic E-state index is 13.2. The summed E-state index contributed by atoms with van der Waals surface area (Å²) >= 11 is 3.44. The van der Waals surface area contributed by atoms with Gasteiger partial charge in [0.25, 0.3) is 5.56 Å². The van der Waals surface area contributed by atoms with Crippen molar-refractivity contribution in [3.05, 3.63) is 86.9 Å². The minimum atomic E-state index is -0.374. The van der Waals surface area contributed by atoms with Gasteiger partial charge in [0, 0.05) is 30.2 Å². The number of piperidine rings is 1. The number of rotatable bonds is 5. The second-order valence-corrected chi connectivity index (χ2v) is 8.47. The highest BCUT2D eigenvalue weighted by molar-refractivity contribution is 9.10. The molecule has 0 radical (unpaired) electrons. The Labute approximate surface area is 187 Å². The second kappa shape index (κ2) is 9.43. The molecule has 1 aromatic heterocycles. The summed E-state index contributed by atoms with van der Waals surface area (Å²) in [7, 11) is 0. The van der Waals surface area contributed by atoms with E-state index in [2.05, 4.69) is 26.3 Å². The van der Waals surface area contributed by atoms with E-state index < -0.39 is 0 Å². The van der Waals surface area contributed by atoms with E-state index in [4.69, 9.17) is 0 Å². The molecule has 1 amide bonds. The normalized spacial score (nSPS) is 16.2. The van der Waals surface area contributed by atoms with Crippen LogP contribution in [0.3, 0.4) is 0 Å². The fraction of sp³-hybridized carbons (Fsp3) is 0.261. The van der Waals surface area contributed by atoms with Crippen molar-refractivity contribution in [3.63, 3.8) is 0 Å². The monoisotopic (exact) mass is 484 g/mol. The average Bonchev–Trinajstić information content (AvgIpc) is 2.79. The Morgan fingerprint density at radius 3 is 2.74 bits per heavy atom. The lowest BCUT2D eigenvalue weighted by Crippen LogP contribution is -2.43. The molecule has 2 heterocycles. The third kappa shape index (κ3) is 5.19. The van der Waals surface area contributed by atoms with Gasteiger partial charge in [-0.2, -0.15) is 4.68 Å². The maximum Gasteiger partial charge on any atom is 0.271 e. The third-order valence-electron chi connectivity index (χ3n) is 5.33. The number of halogens is 2. The van der Waals surface area contributed by atoms with E-state index in [1.165, 1.54) is 35.0 Å². The Hall–Kier alpha value is -3.00. The number of carbonyl (C=O) groups is 1. The van der Waals surface area contributed by atoms with Gasteiger partial charge in [0.15, 0.2) is 0 Å². The number of anilines is 1. The Morgan fingerprint density at radius 2 is 1.97 bits per heavy atom. The molecule has 1 aliphatic rings. The predicted octanol–water partition coefficient (Wildman–Crippen LogP) is 3.67. The van der Waals surface area contributed by atoms with Crippen LogP contribution in [0.1, 0.15) is 18.4 Å². The van der Waals surface area contributed by atoms with Gasteiger partial charge in [-0.1, -0.05) is 28.1 Å². The molecular weight excluding hydrogens is 463 g/mol. The van der Waals surface area contributed by atoms with Crippen LogP contribution in [0.25, 0.3) is 5.69 Å². The first-order chi connectivity index (χ1) is 15.0. The molecule has 0 spiro atoms. The number of benzene rings is 2. The fourth-order valence-electron chi connectivity index (χ4n) is 3.72. The van der Waals surface area contributed by atoms with E-state index in [0.29, 0.717) is 24.6 Å². The number of aromatic nitrogens is 2. The predicted molar refractivity (Wildman–Crippen MR) is 121 cm³/mol. The molecule has 1 atom stereocenters. The molecule has 3 aromatic rings. The zero-order valence-corrected chi connectivity index (χ0v) is 18.4. The minimum absolute atomic E-state index is 0.0107. The minimum Gasteiger partial charge on any atom is -0.354 e. The van der Waals surface area contributed by atoms with E-state index in [-0.39, 0.29) is 23.2 Å². The van der Waals surface area contributed by atoms with Gasteiger partial charge in [-0.05, 0) is 60.9 Å². The van der Waals surface area contributed by atoms with Crippen LogP contribution in [0.4, 0.5) is 10.2 Å². The molecule has 0 saturated carbocycles. The van der Waals surface area contributed by atoms with E-state index in [1.54, 1.807) is 6.07 Å². The van der Waals surface area contributed by atoms with Gasteiger partial charge in [0.1, 0.15) is 11.6 Å². The van der Waals surface area contributed by atoms with Gasteiger partial charge in [-0.25, -0.2) is 4.39 Å².